The lowest BCUT2D eigenvalue weighted by Gasteiger charge is -2.49. The predicted molar refractivity (Wildman–Crippen MR) is 101 cm³/mol. The molecular weight excluding hydrogens is 314 g/mol. The Balaban J connectivity index is 1.49. The van der Waals surface area contributed by atoms with E-state index in [0.717, 1.165) is 45.1 Å². The Morgan fingerprint density at radius 3 is 2.08 bits per heavy atom. The van der Waals surface area contributed by atoms with Gasteiger partial charge in [0.15, 0.2) is 5.79 Å². The van der Waals surface area contributed by atoms with E-state index in [0.29, 0.717) is 23.7 Å². The Bertz CT molecular complexity index is 411. The zero-order valence-corrected chi connectivity index (χ0v) is 17.1. The molecule has 146 valence electrons. The van der Waals surface area contributed by atoms with Crippen LogP contribution < -0.4 is 0 Å². The number of ether oxygens (including phenoxy) is 3. The van der Waals surface area contributed by atoms with E-state index in [4.69, 9.17) is 14.2 Å². The molecule has 3 fully saturated rings. The van der Waals surface area contributed by atoms with E-state index in [2.05, 4.69) is 39.5 Å². The van der Waals surface area contributed by atoms with Crippen molar-refractivity contribution >= 4 is 0 Å². The van der Waals surface area contributed by atoms with Gasteiger partial charge < -0.3 is 14.2 Å². The van der Waals surface area contributed by atoms with Gasteiger partial charge in [-0.25, -0.2) is 0 Å². The molecule has 4 heteroatoms. The highest BCUT2D eigenvalue weighted by atomic mass is 16.7. The van der Waals surface area contributed by atoms with Gasteiger partial charge in [-0.05, 0) is 44.4 Å². The number of hydrogen-bond donors (Lipinski definition) is 0. The molecule has 2 saturated heterocycles. The van der Waals surface area contributed by atoms with Gasteiger partial charge in [0.05, 0.1) is 31.5 Å². The lowest BCUT2D eigenvalue weighted by atomic mass is 9.67. The first-order valence-electron chi connectivity index (χ1n) is 10.5. The number of hydrogen-bond acceptors (Lipinski definition) is 4. The largest absolute Gasteiger partial charge is 0.373 e. The molecule has 3 aliphatic rings. The fourth-order valence-electron chi connectivity index (χ4n) is 5.29. The Morgan fingerprint density at radius 1 is 1.00 bits per heavy atom. The summed E-state index contributed by atoms with van der Waals surface area (Å²) in [6, 6.07) is 0.383. The van der Waals surface area contributed by atoms with E-state index in [-0.39, 0.29) is 5.79 Å². The van der Waals surface area contributed by atoms with Crippen molar-refractivity contribution < 1.29 is 14.2 Å². The molecule has 2 aliphatic heterocycles. The Hall–Kier alpha value is -0.160. The van der Waals surface area contributed by atoms with E-state index in [9.17, 15) is 0 Å². The van der Waals surface area contributed by atoms with Crippen molar-refractivity contribution in [2.45, 2.75) is 97.2 Å². The molecule has 2 unspecified atom stereocenters. The molecule has 0 radical (unpaired) electrons. The van der Waals surface area contributed by atoms with Crippen molar-refractivity contribution in [2.75, 3.05) is 26.3 Å². The van der Waals surface area contributed by atoms with Crippen molar-refractivity contribution in [3.8, 4) is 0 Å². The molecule has 25 heavy (non-hydrogen) atoms. The van der Waals surface area contributed by atoms with Gasteiger partial charge in [0, 0.05) is 25.9 Å². The maximum absolute atomic E-state index is 6.36. The molecule has 0 aromatic rings. The van der Waals surface area contributed by atoms with Crippen molar-refractivity contribution in [2.24, 2.45) is 11.3 Å². The van der Waals surface area contributed by atoms with Crippen molar-refractivity contribution in [3.63, 3.8) is 0 Å². The van der Waals surface area contributed by atoms with Crippen molar-refractivity contribution in [3.05, 3.63) is 0 Å². The van der Waals surface area contributed by atoms with Gasteiger partial charge in [0.25, 0.3) is 0 Å². The van der Waals surface area contributed by atoms with Crippen LogP contribution in [-0.2, 0) is 14.2 Å². The van der Waals surface area contributed by atoms with Crippen LogP contribution in [0, 0.1) is 11.3 Å². The summed E-state index contributed by atoms with van der Waals surface area (Å²) in [5.74, 6) is 0.516. The van der Waals surface area contributed by atoms with Crippen molar-refractivity contribution in [1.29, 1.82) is 0 Å². The molecule has 2 atom stereocenters. The highest BCUT2D eigenvalue weighted by Crippen LogP contribution is 2.46. The van der Waals surface area contributed by atoms with E-state index >= 15 is 0 Å². The van der Waals surface area contributed by atoms with Gasteiger partial charge in [-0.3, -0.25) is 4.90 Å². The monoisotopic (exact) mass is 353 g/mol. The number of rotatable bonds is 4. The highest BCUT2D eigenvalue weighted by molar-refractivity contribution is 4.90. The summed E-state index contributed by atoms with van der Waals surface area (Å²) in [4.78, 5) is 2.50. The second-order valence-electron chi connectivity index (χ2n) is 9.41. The van der Waals surface area contributed by atoms with Gasteiger partial charge in [-0.1, -0.05) is 27.2 Å². The van der Waals surface area contributed by atoms with Crippen LogP contribution in [0.4, 0.5) is 0 Å². The highest BCUT2D eigenvalue weighted by Gasteiger charge is 2.45. The van der Waals surface area contributed by atoms with Crippen LogP contribution in [-0.4, -0.2) is 55.2 Å². The minimum absolute atomic E-state index is 0.293. The standard InChI is InChI=1S/C21H39NO3/c1-6-9-20(4,5)18-7-10-21(11-8-18)23-14-19(15-24-21)22-12-16(2)25-17(3)13-22/h16-19H,6-15H2,1-5H3. The second-order valence-corrected chi connectivity index (χ2v) is 9.41. The van der Waals surface area contributed by atoms with Crippen LogP contribution >= 0.6 is 0 Å². The molecule has 0 amide bonds. The molecule has 0 bridgehead atoms. The first-order chi connectivity index (χ1) is 11.8. The fraction of sp³-hybridized carbons (Fsp3) is 1.00. The quantitative estimate of drug-likeness (QED) is 0.757. The third kappa shape index (κ3) is 4.58. The summed E-state index contributed by atoms with van der Waals surface area (Å²) in [5.41, 5.74) is 0.452. The van der Waals surface area contributed by atoms with Crippen LogP contribution in [0.5, 0.6) is 0 Å². The van der Waals surface area contributed by atoms with Gasteiger partial charge in [0.1, 0.15) is 0 Å². The summed E-state index contributed by atoms with van der Waals surface area (Å²) < 4.78 is 18.6. The average Bonchev–Trinajstić information content (AvgIpc) is 2.55. The van der Waals surface area contributed by atoms with Gasteiger partial charge in [0.2, 0.25) is 0 Å². The zero-order chi connectivity index (χ0) is 18.1. The summed E-state index contributed by atoms with van der Waals surface area (Å²) in [7, 11) is 0. The maximum Gasteiger partial charge on any atom is 0.168 e. The first-order valence-corrected chi connectivity index (χ1v) is 10.5. The fourth-order valence-corrected chi connectivity index (χ4v) is 5.29. The molecule has 0 aromatic carbocycles. The smallest absolute Gasteiger partial charge is 0.168 e. The van der Waals surface area contributed by atoms with Gasteiger partial charge in [-0.2, -0.15) is 0 Å². The average molecular weight is 354 g/mol. The number of morpholine rings is 1. The topological polar surface area (TPSA) is 30.9 Å². The Kier molecular flexibility index (Phi) is 6.14. The Labute approximate surface area is 154 Å². The third-order valence-corrected chi connectivity index (χ3v) is 6.79. The van der Waals surface area contributed by atoms with Gasteiger partial charge in [-0.15, -0.1) is 0 Å². The lowest BCUT2D eigenvalue weighted by Crippen LogP contribution is -2.58. The Morgan fingerprint density at radius 2 is 1.56 bits per heavy atom. The van der Waals surface area contributed by atoms with E-state index in [1.807, 2.05) is 0 Å². The van der Waals surface area contributed by atoms with Crippen LogP contribution in [0.1, 0.15) is 73.1 Å². The van der Waals surface area contributed by atoms with Crippen LogP contribution in [0.25, 0.3) is 0 Å². The molecule has 1 aliphatic carbocycles. The normalized spacial score (nSPS) is 41.2. The molecule has 3 rings (SSSR count). The molecule has 0 N–H and O–H groups in total. The molecule has 1 saturated carbocycles. The molecule has 1 spiro atoms. The second kappa shape index (κ2) is 7.84. The molecule has 0 aromatic heterocycles. The minimum atomic E-state index is -0.293. The van der Waals surface area contributed by atoms with Crippen LogP contribution in [0.15, 0.2) is 0 Å². The maximum atomic E-state index is 6.36. The molecular formula is C21H39NO3. The molecule has 4 nitrogen and oxygen atoms in total. The summed E-state index contributed by atoms with van der Waals surface area (Å²) >= 11 is 0. The summed E-state index contributed by atoms with van der Waals surface area (Å²) in [6.07, 6.45) is 7.81. The SMILES string of the molecule is CCCC(C)(C)C1CCC2(CC1)OCC(N1CC(C)OC(C)C1)CO2. The first kappa shape index (κ1) is 19.6. The zero-order valence-electron chi connectivity index (χ0n) is 17.1. The third-order valence-electron chi connectivity index (χ3n) is 6.79. The van der Waals surface area contributed by atoms with E-state index in [1.165, 1.54) is 25.7 Å². The minimum Gasteiger partial charge on any atom is -0.373 e. The summed E-state index contributed by atoms with van der Waals surface area (Å²) in [6.45, 7) is 15.1. The molecule has 2 heterocycles. The van der Waals surface area contributed by atoms with E-state index in [1.54, 1.807) is 0 Å². The predicted octanol–water partition coefficient (Wildman–Crippen LogP) is 4.22. The summed E-state index contributed by atoms with van der Waals surface area (Å²) in [5, 5.41) is 0. The number of nitrogens with zero attached hydrogens (tertiary/aromatic N) is 1. The van der Waals surface area contributed by atoms with Crippen LogP contribution in [0.2, 0.25) is 0 Å². The van der Waals surface area contributed by atoms with Gasteiger partial charge >= 0.3 is 0 Å². The van der Waals surface area contributed by atoms with E-state index < -0.39 is 0 Å². The van der Waals surface area contributed by atoms with Crippen LogP contribution in [0.3, 0.4) is 0 Å². The van der Waals surface area contributed by atoms with Crippen molar-refractivity contribution in [1.82, 2.24) is 4.90 Å². The lowest BCUT2D eigenvalue weighted by molar-refractivity contribution is -0.303.